The average molecular weight is 268 g/mol. The molecule has 104 valence electrons. The van der Waals surface area contributed by atoms with E-state index in [-0.39, 0.29) is 18.7 Å². The molecule has 1 rings (SSSR count). The first-order valence-electron chi connectivity index (χ1n) is 5.81. The maximum atomic E-state index is 13.3. The number of nitrogens with one attached hydrogen (secondary N) is 2. The third-order valence-corrected chi connectivity index (χ3v) is 2.25. The number of hydrogen-bond donors (Lipinski definition) is 3. The minimum Gasteiger partial charge on any atom is -0.389 e. The number of aliphatic hydroxyl groups is 1. The monoisotopic (exact) mass is 268 g/mol. The van der Waals surface area contributed by atoms with Crippen LogP contribution in [-0.2, 0) is 4.79 Å². The SMILES string of the molecule is CC(C)(O)CNC(=O)CNC(=O)c1ccccc1F. The van der Waals surface area contributed by atoms with Crippen molar-refractivity contribution >= 4 is 11.8 Å². The van der Waals surface area contributed by atoms with Crippen molar-refractivity contribution in [3.63, 3.8) is 0 Å². The lowest BCUT2D eigenvalue weighted by Crippen LogP contribution is -2.43. The normalized spacial score (nSPS) is 10.9. The molecule has 0 bridgehead atoms. The van der Waals surface area contributed by atoms with Gasteiger partial charge in [0.25, 0.3) is 5.91 Å². The van der Waals surface area contributed by atoms with Crippen molar-refractivity contribution in [3.05, 3.63) is 35.6 Å². The summed E-state index contributed by atoms with van der Waals surface area (Å²) in [4.78, 5) is 23.0. The van der Waals surface area contributed by atoms with E-state index >= 15 is 0 Å². The van der Waals surface area contributed by atoms with E-state index in [2.05, 4.69) is 10.6 Å². The molecule has 0 atom stereocenters. The lowest BCUT2D eigenvalue weighted by atomic mass is 10.1. The predicted octanol–water partition coefficient (Wildman–Crippen LogP) is 0.443. The van der Waals surface area contributed by atoms with Gasteiger partial charge in [-0.2, -0.15) is 0 Å². The second-order valence-corrected chi connectivity index (χ2v) is 4.75. The van der Waals surface area contributed by atoms with E-state index in [4.69, 9.17) is 0 Å². The third-order valence-electron chi connectivity index (χ3n) is 2.25. The Kier molecular flexibility index (Phi) is 5.00. The van der Waals surface area contributed by atoms with Crippen molar-refractivity contribution in [2.45, 2.75) is 19.4 Å². The van der Waals surface area contributed by atoms with Crippen molar-refractivity contribution in [3.8, 4) is 0 Å². The van der Waals surface area contributed by atoms with Crippen LogP contribution in [0.1, 0.15) is 24.2 Å². The second-order valence-electron chi connectivity index (χ2n) is 4.75. The Morgan fingerprint density at radius 1 is 1.26 bits per heavy atom. The molecule has 5 nitrogen and oxygen atoms in total. The summed E-state index contributed by atoms with van der Waals surface area (Å²) in [5.74, 6) is -1.75. The lowest BCUT2D eigenvalue weighted by Gasteiger charge is -2.17. The molecule has 0 radical (unpaired) electrons. The highest BCUT2D eigenvalue weighted by molar-refractivity contribution is 5.96. The number of hydrogen-bond acceptors (Lipinski definition) is 3. The largest absolute Gasteiger partial charge is 0.389 e. The Morgan fingerprint density at radius 3 is 2.47 bits per heavy atom. The fourth-order valence-electron chi connectivity index (χ4n) is 1.28. The summed E-state index contributed by atoms with van der Waals surface area (Å²) in [6.45, 7) is 2.89. The Morgan fingerprint density at radius 2 is 1.89 bits per heavy atom. The van der Waals surface area contributed by atoms with Crippen molar-refractivity contribution in [1.29, 1.82) is 0 Å². The minimum atomic E-state index is -1.02. The van der Waals surface area contributed by atoms with Crippen molar-refractivity contribution in [2.75, 3.05) is 13.1 Å². The molecule has 0 aromatic heterocycles. The Balaban J connectivity index is 2.43. The van der Waals surface area contributed by atoms with Gasteiger partial charge in [0.15, 0.2) is 0 Å². The van der Waals surface area contributed by atoms with Crippen molar-refractivity contribution in [1.82, 2.24) is 10.6 Å². The first kappa shape index (κ1) is 15.1. The molecule has 2 amide bonds. The van der Waals surface area contributed by atoms with Gasteiger partial charge in [0.05, 0.1) is 17.7 Å². The van der Waals surface area contributed by atoms with Gasteiger partial charge in [0, 0.05) is 6.54 Å². The van der Waals surface area contributed by atoms with Crippen LogP contribution in [0.25, 0.3) is 0 Å². The van der Waals surface area contributed by atoms with Gasteiger partial charge in [0.2, 0.25) is 5.91 Å². The van der Waals surface area contributed by atoms with Crippen molar-refractivity contribution in [2.24, 2.45) is 0 Å². The highest BCUT2D eigenvalue weighted by Crippen LogP contribution is 2.05. The molecule has 1 aromatic rings. The van der Waals surface area contributed by atoms with Crippen LogP contribution in [0.3, 0.4) is 0 Å². The highest BCUT2D eigenvalue weighted by atomic mass is 19.1. The zero-order valence-corrected chi connectivity index (χ0v) is 10.9. The fraction of sp³-hybridized carbons (Fsp3) is 0.385. The number of rotatable bonds is 5. The van der Waals surface area contributed by atoms with Crippen LogP contribution in [-0.4, -0.2) is 35.6 Å². The molecule has 0 aliphatic carbocycles. The van der Waals surface area contributed by atoms with Crippen LogP contribution in [0.4, 0.5) is 4.39 Å². The van der Waals surface area contributed by atoms with Crippen LogP contribution in [0.2, 0.25) is 0 Å². The summed E-state index contributed by atoms with van der Waals surface area (Å²) in [7, 11) is 0. The van der Waals surface area contributed by atoms with Crippen molar-refractivity contribution < 1.29 is 19.1 Å². The van der Waals surface area contributed by atoms with Gasteiger partial charge in [-0.3, -0.25) is 9.59 Å². The van der Waals surface area contributed by atoms with Gasteiger partial charge in [-0.25, -0.2) is 4.39 Å². The van der Waals surface area contributed by atoms with Crippen LogP contribution in [0.15, 0.2) is 24.3 Å². The van der Waals surface area contributed by atoms with Gasteiger partial charge in [0.1, 0.15) is 5.82 Å². The average Bonchev–Trinajstić information content (AvgIpc) is 2.33. The maximum absolute atomic E-state index is 13.3. The third kappa shape index (κ3) is 5.48. The summed E-state index contributed by atoms with van der Waals surface area (Å²) >= 11 is 0. The summed E-state index contributed by atoms with van der Waals surface area (Å²) in [6, 6.07) is 5.51. The number of benzene rings is 1. The van der Waals surface area contributed by atoms with E-state index in [0.29, 0.717) is 0 Å². The highest BCUT2D eigenvalue weighted by Gasteiger charge is 2.15. The number of carbonyl (C=O) groups excluding carboxylic acids is 2. The molecule has 0 saturated heterocycles. The van der Waals surface area contributed by atoms with Gasteiger partial charge in [-0.1, -0.05) is 12.1 Å². The van der Waals surface area contributed by atoms with Gasteiger partial charge in [-0.05, 0) is 26.0 Å². The number of carbonyl (C=O) groups is 2. The Bertz CT molecular complexity index is 469. The fourth-order valence-corrected chi connectivity index (χ4v) is 1.28. The maximum Gasteiger partial charge on any atom is 0.254 e. The minimum absolute atomic E-state index is 0.0708. The van der Waals surface area contributed by atoms with Gasteiger partial charge >= 0.3 is 0 Å². The van der Waals surface area contributed by atoms with Crippen LogP contribution in [0.5, 0.6) is 0 Å². The van der Waals surface area contributed by atoms with E-state index < -0.39 is 23.2 Å². The lowest BCUT2D eigenvalue weighted by molar-refractivity contribution is -0.121. The van der Waals surface area contributed by atoms with Crippen LogP contribution >= 0.6 is 0 Å². The Hall–Kier alpha value is -1.95. The topological polar surface area (TPSA) is 78.4 Å². The first-order chi connectivity index (χ1) is 8.79. The molecule has 0 fully saturated rings. The molecule has 1 aromatic carbocycles. The van der Waals surface area contributed by atoms with Crippen LogP contribution in [0, 0.1) is 5.82 Å². The molecule has 0 aliphatic heterocycles. The molecule has 19 heavy (non-hydrogen) atoms. The van der Waals surface area contributed by atoms with Gasteiger partial charge < -0.3 is 15.7 Å². The second kappa shape index (κ2) is 6.29. The summed E-state index contributed by atoms with van der Waals surface area (Å²) in [5.41, 5.74) is -1.14. The van der Waals surface area contributed by atoms with Crippen LogP contribution < -0.4 is 10.6 Å². The molecule has 0 heterocycles. The zero-order valence-electron chi connectivity index (χ0n) is 10.9. The van der Waals surface area contributed by atoms with E-state index in [1.165, 1.54) is 24.3 Å². The molecule has 6 heteroatoms. The summed E-state index contributed by atoms with van der Waals surface area (Å²) in [5, 5.41) is 14.2. The Labute approximate surface area is 110 Å². The molecule has 0 spiro atoms. The zero-order chi connectivity index (χ0) is 14.5. The predicted molar refractivity (Wildman–Crippen MR) is 68.0 cm³/mol. The molecular formula is C13H17FN2O3. The van der Waals surface area contributed by atoms with E-state index in [0.717, 1.165) is 0 Å². The van der Waals surface area contributed by atoms with E-state index in [9.17, 15) is 19.1 Å². The first-order valence-corrected chi connectivity index (χ1v) is 5.81. The molecule has 3 N–H and O–H groups in total. The number of amides is 2. The standard InChI is InChI=1S/C13H17FN2O3/c1-13(2,19)8-16-11(17)7-15-12(18)9-5-3-4-6-10(9)14/h3-6,19H,7-8H2,1-2H3,(H,15,18)(H,16,17). The number of halogens is 1. The van der Waals surface area contributed by atoms with Gasteiger partial charge in [-0.15, -0.1) is 0 Å². The molecule has 0 unspecified atom stereocenters. The molecule has 0 saturated carbocycles. The molecule has 0 aliphatic rings. The molecular weight excluding hydrogens is 251 g/mol. The summed E-state index contributed by atoms with van der Waals surface area (Å²) < 4.78 is 13.3. The summed E-state index contributed by atoms with van der Waals surface area (Å²) in [6.07, 6.45) is 0. The van der Waals surface area contributed by atoms with E-state index in [1.807, 2.05) is 0 Å². The smallest absolute Gasteiger partial charge is 0.254 e. The quantitative estimate of drug-likeness (QED) is 0.725. The van der Waals surface area contributed by atoms with E-state index in [1.54, 1.807) is 13.8 Å².